The predicted molar refractivity (Wildman–Crippen MR) is 356 cm³/mol. The molecule has 98 heavy (non-hydrogen) atoms. The van der Waals surface area contributed by atoms with Crippen LogP contribution < -0.4 is 0 Å². The van der Waals surface area contributed by atoms with Gasteiger partial charge in [0, 0.05) is 46.8 Å². The maximum atomic E-state index is 12.4. The van der Waals surface area contributed by atoms with Crippen LogP contribution in [-0.4, -0.2) is 152 Å². The van der Waals surface area contributed by atoms with Crippen LogP contribution in [0.3, 0.4) is 0 Å². The number of ketones is 5. The van der Waals surface area contributed by atoms with Crippen molar-refractivity contribution in [2.75, 3.05) is 33.0 Å². The van der Waals surface area contributed by atoms with Crippen molar-refractivity contribution in [3.8, 4) is 0 Å². The second-order valence-electron chi connectivity index (χ2n) is 36.2. The SMILES string of the molecule is CCC(C)(C)C(=O)OC1(C)C2CC3C(=O)COC1C3C2.CCC(C)(C)C(=O)OC1C2CC3C(=O)COC1(C)C3C2.CCC(C)(C)C(=O)OC1C2CC3C(=O)COC1C3C2.CCC(C)(C)C(=O)OC1C2CC3C(=O)COC1C3C2.CCC(C)(C)C(=O)OC1C2OCC(=O)C3CC1(C)CC32. The second kappa shape index (κ2) is 27.0. The van der Waals surface area contributed by atoms with Crippen LogP contribution >= 0.6 is 0 Å². The average Bonchev–Trinajstić information content (AvgIpc) is 1.57. The summed E-state index contributed by atoms with van der Waals surface area (Å²) in [7, 11) is 0. The van der Waals surface area contributed by atoms with E-state index in [9.17, 15) is 47.9 Å². The summed E-state index contributed by atoms with van der Waals surface area (Å²) in [4.78, 5) is 121. The number of esters is 5. The van der Waals surface area contributed by atoms with E-state index in [0.29, 0.717) is 11.8 Å². The molecule has 25 atom stereocenters. The van der Waals surface area contributed by atoms with Crippen LogP contribution in [-0.2, 0) is 95.3 Å². The molecule has 0 N–H and O–H groups in total. The van der Waals surface area contributed by atoms with Crippen molar-refractivity contribution < 1.29 is 95.3 Å². The van der Waals surface area contributed by atoms with Crippen molar-refractivity contribution in [1.29, 1.82) is 0 Å². The van der Waals surface area contributed by atoms with Gasteiger partial charge in [-0.2, -0.15) is 0 Å². The van der Waals surface area contributed by atoms with Gasteiger partial charge >= 0.3 is 29.8 Å². The van der Waals surface area contributed by atoms with Gasteiger partial charge in [-0.1, -0.05) is 41.5 Å². The Morgan fingerprint density at radius 2 is 0.796 bits per heavy atom. The van der Waals surface area contributed by atoms with Crippen LogP contribution in [0, 0.1) is 115 Å². The molecule has 0 spiro atoms. The molecule has 10 bridgehead atoms. The summed E-state index contributed by atoms with van der Waals surface area (Å²) in [5.74, 6) is 3.71. The number of hydrogen-bond donors (Lipinski definition) is 0. The number of carbonyl (C=O) groups is 10. The Morgan fingerprint density at radius 1 is 0.398 bits per heavy atom. The molecule has 5 aliphatic heterocycles. The molecule has 0 aromatic carbocycles. The van der Waals surface area contributed by atoms with E-state index in [1.807, 2.05) is 118 Å². The Hall–Kier alpha value is -4.50. The van der Waals surface area contributed by atoms with Crippen molar-refractivity contribution >= 4 is 58.8 Å². The summed E-state index contributed by atoms with van der Waals surface area (Å²) < 4.78 is 57.7. The fraction of sp³-hybridized carbons (Fsp3) is 0.872. The lowest BCUT2D eigenvalue weighted by atomic mass is 9.72. The van der Waals surface area contributed by atoms with E-state index in [0.717, 1.165) is 96.3 Å². The van der Waals surface area contributed by atoms with Gasteiger partial charge in [0.2, 0.25) is 0 Å². The molecular formula is C78H116O20. The van der Waals surface area contributed by atoms with Crippen LogP contribution in [0.15, 0.2) is 0 Å². The van der Waals surface area contributed by atoms with Gasteiger partial charge in [-0.3, -0.25) is 47.9 Å². The largest absolute Gasteiger partial charge is 0.459 e. The lowest BCUT2D eigenvalue weighted by Gasteiger charge is -2.47. The minimum atomic E-state index is -0.550. The summed E-state index contributed by atoms with van der Waals surface area (Å²) in [6.07, 6.45) is 12.0. The van der Waals surface area contributed by atoms with E-state index in [-0.39, 0.29) is 217 Å². The van der Waals surface area contributed by atoms with Crippen molar-refractivity contribution in [1.82, 2.24) is 0 Å². The van der Waals surface area contributed by atoms with Gasteiger partial charge in [-0.25, -0.2) is 0 Å². The first kappa shape index (κ1) is 74.7. The molecule has 25 unspecified atom stereocenters. The molecule has 5 heterocycles. The molecule has 0 aromatic rings. The van der Waals surface area contributed by atoms with Gasteiger partial charge in [-0.05, 0) is 221 Å². The summed E-state index contributed by atoms with van der Waals surface area (Å²) in [5.41, 5.74) is -3.35. The van der Waals surface area contributed by atoms with Crippen molar-refractivity contribution in [3.05, 3.63) is 0 Å². The predicted octanol–water partition coefficient (Wildman–Crippen LogP) is 11.0. The van der Waals surface area contributed by atoms with Crippen LogP contribution in [0.2, 0.25) is 0 Å². The molecule has 10 saturated carbocycles. The highest BCUT2D eigenvalue weighted by Crippen LogP contribution is 2.63. The summed E-state index contributed by atoms with van der Waals surface area (Å²) >= 11 is 0. The molecule has 20 heteroatoms. The van der Waals surface area contributed by atoms with E-state index in [1.54, 1.807) is 0 Å². The fourth-order valence-electron chi connectivity index (χ4n) is 19.8. The molecule has 15 fully saturated rings. The summed E-state index contributed by atoms with van der Waals surface area (Å²) in [6.45, 7) is 36.2. The van der Waals surface area contributed by atoms with Gasteiger partial charge < -0.3 is 47.4 Å². The van der Waals surface area contributed by atoms with Crippen LogP contribution in [0.5, 0.6) is 0 Å². The summed E-state index contributed by atoms with van der Waals surface area (Å²) in [5, 5.41) is 0. The Labute approximate surface area is 581 Å². The molecule has 548 valence electrons. The molecule has 0 aromatic heterocycles. The highest BCUT2D eigenvalue weighted by atomic mass is 16.6. The summed E-state index contributed by atoms with van der Waals surface area (Å²) in [6, 6.07) is 0. The highest BCUT2D eigenvalue weighted by Gasteiger charge is 2.69. The molecule has 15 rings (SSSR count). The monoisotopic (exact) mass is 1370 g/mol. The van der Waals surface area contributed by atoms with E-state index < -0.39 is 38.3 Å². The lowest BCUT2D eigenvalue weighted by Crippen LogP contribution is -2.58. The quantitative estimate of drug-likeness (QED) is 0.109. The highest BCUT2D eigenvalue weighted by molar-refractivity contribution is 5.87. The zero-order valence-corrected chi connectivity index (χ0v) is 62.0. The molecule has 5 saturated heterocycles. The van der Waals surface area contributed by atoms with E-state index >= 15 is 0 Å². The number of carbonyl (C=O) groups excluding carboxylic acids is 10. The third-order valence-electron chi connectivity index (χ3n) is 28.4. The molecule has 20 nitrogen and oxygen atoms in total. The number of fused-ring (bicyclic) bond motifs is 5. The average molecular weight is 1370 g/mol. The Bertz CT molecular complexity index is 3030. The number of Topliss-reactive ketones (excluding diaryl/α,β-unsaturated/α-hetero) is 5. The Kier molecular flexibility index (Phi) is 20.5. The zero-order chi connectivity index (χ0) is 71.7. The molecule has 15 aliphatic rings. The fourth-order valence-corrected chi connectivity index (χ4v) is 19.8. The van der Waals surface area contributed by atoms with Crippen LogP contribution in [0.25, 0.3) is 0 Å². The normalized spacial score (nSPS) is 42.0. The zero-order valence-electron chi connectivity index (χ0n) is 62.0. The maximum absolute atomic E-state index is 12.4. The van der Waals surface area contributed by atoms with E-state index in [2.05, 4.69) is 6.92 Å². The van der Waals surface area contributed by atoms with Gasteiger partial charge in [-0.15, -0.1) is 0 Å². The van der Waals surface area contributed by atoms with Crippen molar-refractivity contribution in [2.45, 2.75) is 281 Å². The third kappa shape index (κ3) is 13.1. The maximum Gasteiger partial charge on any atom is 0.312 e. The Balaban J connectivity index is 0.000000124. The van der Waals surface area contributed by atoms with Crippen LogP contribution in [0.4, 0.5) is 0 Å². The minimum Gasteiger partial charge on any atom is -0.459 e. The number of rotatable bonds is 15. The topological polar surface area (TPSA) is 263 Å². The Morgan fingerprint density at radius 3 is 1.28 bits per heavy atom. The van der Waals surface area contributed by atoms with E-state index in [4.69, 9.17) is 47.4 Å². The standard InChI is InChI=1S/3C16H24O4.2C15H22O4/c1-5-15(2,3)14(18)20-13-12-10-7-16(13,4)6-9(10)11(17)8-19-12;1-5-15(2,3)14(18)20-16(4)9-6-10-11(7-9)13(16)19-8-12(10)17;1-5-15(2,3)14(18)20-13-9-6-10-11(7-9)16(13,4)19-8-12(10)17;2*1-4-15(2,3)14(17)19-12-8-5-9-10(6-8)13(12)18-7-11(9)16/h9-10,12-13H,5-8H2,1-4H3;2*9-11,13H,5-8H2,1-4H3;2*8-10,12-13H,4-7H2,1-3H3. The molecule has 0 amide bonds. The molecular weight excluding hydrogens is 1260 g/mol. The van der Waals surface area contributed by atoms with Crippen LogP contribution in [0.1, 0.15) is 221 Å². The first-order valence-corrected chi connectivity index (χ1v) is 37.6. The second-order valence-corrected chi connectivity index (χ2v) is 36.2. The number of hydrogen-bond acceptors (Lipinski definition) is 20. The van der Waals surface area contributed by atoms with Crippen molar-refractivity contribution in [3.63, 3.8) is 0 Å². The van der Waals surface area contributed by atoms with E-state index in [1.165, 1.54) is 0 Å². The first-order valence-electron chi connectivity index (χ1n) is 37.6. The first-order chi connectivity index (χ1) is 45.7. The van der Waals surface area contributed by atoms with Gasteiger partial charge in [0.1, 0.15) is 74.8 Å². The molecule has 10 aliphatic carbocycles. The van der Waals surface area contributed by atoms with Gasteiger partial charge in [0.15, 0.2) is 28.9 Å². The smallest absolute Gasteiger partial charge is 0.312 e. The number of ether oxygens (including phenoxy) is 10. The van der Waals surface area contributed by atoms with Gasteiger partial charge in [0.25, 0.3) is 0 Å². The minimum absolute atomic E-state index is 0.0435. The molecule has 0 radical (unpaired) electrons. The van der Waals surface area contributed by atoms with Crippen molar-refractivity contribution in [2.24, 2.45) is 115 Å². The lowest BCUT2D eigenvalue weighted by molar-refractivity contribution is -0.208. The van der Waals surface area contributed by atoms with Gasteiger partial charge in [0.05, 0.1) is 45.4 Å². The third-order valence-corrected chi connectivity index (χ3v) is 28.4.